The summed E-state index contributed by atoms with van der Waals surface area (Å²) in [4.78, 5) is 0. The van der Waals surface area contributed by atoms with Crippen molar-refractivity contribution >= 4 is 0 Å². The first-order valence-electron chi connectivity index (χ1n) is 6.79. The zero-order valence-corrected chi connectivity index (χ0v) is 9.71. The molecule has 3 saturated carbocycles. The normalized spacial score (nSPS) is 52.3. The second-order valence-corrected chi connectivity index (χ2v) is 6.28. The lowest BCUT2D eigenvalue weighted by atomic mass is 9.82. The zero-order chi connectivity index (χ0) is 9.71. The highest BCUT2D eigenvalue weighted by molar-refractivity contribution is 5.01. The first-order chi connectivity index (χ1) is 6.79. The summed E-state index contributed by atoms with van der Waals surface area (Å²) in [5.41, 5.74) is 0. The Balaban J connectivity index is 1.70. The van der Waals surface area contributed by atoms with Crippen molar-refractivity contribution in [3.63, 3.8) is 0 Å². The van der Waals surface area contributed by atoms with Gasteiger partial charge in [0, 0.05) is 0 Å². The van der Waals surface area contributed by atoms with Crippen LogP contribution in [0.1, 0.15) is 52.4 Å². The van der Waals surface area contributed by atoms with Crippen molar-refractivity contribution in [2.24, 2.45) is 35.5 Å². The Morgan fingerprint density at radius 1 is 1.00 bits per heavy atom. The molecule has 3 aliphatic rings. The van der Waals surface area contributed by atoms with E-state index in [1.54, 1.807) is 32.1 Å². The molecule has 2 bridgehead atoms. The van der Waals surface area contributed by atoms with E-state index in [0.717, 1.165) is 11.8 Å². The summed E-state index contributed by atoms with van der Waals surface area (Å²) in [6.07, 6.45) is 9.38. The molecule has 0 aromatic heterocycles. The molecule has 0 heterocycles. The quantitative estimate of drug-likeness (QED) is 0.618. The maximum absolute atomic E-state index is 2.48. The van der Waals surface area contributed by atoms with E-state index in [-0.39, 0.29) is 0 Å². The van der Waals surface area contributed by atoms with E-state index >= 15 is 0 Å². The molecular formula is C14H24. The summed E-state index contributed by atoms with van der Waals surface area (Å²) in [5.74, 6) is 6.78. The van der Waals surface area contributed by atoms with E-state index in [2.05, 4.69) is 13.8 Å². The lowest BCUT2D eigenvalue weighted by molar-refractivity contribution is 0.259. The Labute approximate surface area is 88.5 Å². The van der Waals surface area contributed by atoms with Crippen LogP contribution in [0.4, 0.5) is 0 Å². The Morgan fingerprint density at radius 3 is 2.07 bits per heavy atom. The molecule has 0 saturated heterocycles. The largest absolute Gasteiger partial charge is 0.0651 e. The second kappa shape index (κ2) is 3.25. The first-order valence-corrected chi connectivity index (χ1v) is 6.79. The molecule has 5 unspecified atom stereocenters. The van der Waals surface area contributed by atoms with Crippen LogP contribution in [0.3, 0.4) is 0 Å². The van der Waals surface area contributed by atoms with Gasteiger partial charge in [-0.05, 0) is 67.6 Å². The summed E-state index contributed by atoms with van der Waals surface area (Å²) in [6.45, 7) is 4.85. The highest BCUT2D eigenvalue weighted by Gasteiger charge is 2.52. The summed E-state index contributed by atoms with van der Waals surface area (Å²) in [5, 5.41) is 0. The Bertz CT molecular complexity index is 202. The second-order valence-electron chi connectivity index (χ2n) is 6.28. The minimum Gasteiger partial charge on any atom is -0.0651 e. The van der Waals surface area contributed by atoms with Crippen LogP contribution >= 0.6 is 0 Å². The minimum absolute atomic E-state index is 1.000. The summed E-state index contributed by atoms with van der Waals surface area (Å²) >= 11 is 0. The highest BCUT2D eigenvalue weighted by atomic mass is 14.6. The van der Waals surface area contributed by atoms with Gasteiger partial charge in [0.05, 0.1) is 0 Å². The average Bonchev–Trinajstić information content (AvgIpc) is 2.87. The van der Waals surface area contributed by atoms with Gasteiger partial charge in [-0.2, -0.15) is 0 Å². The summed E-state index contributed by atoms with van der Waals surface area (Å²) in [6, 6.07) is 0. The van der Waals surface area contributed by atoms with E-state index in [9.17, 15) is 0 Å². The fourth-order valence-electron chi connectivity index (χ4n) is 4.86. The van der Waals surface area contributed by atoms with Crippen LogP contribution in [0, 0.1) is 35.5 Å². The van der Waals surface area contributed by atoms with Crippen LogP contribution in [0.15, 0.2) is 0 Å². The summed E-state index contributed by atoms with van der Waals surface area (Å²) < 4.78 is 0. The molecule has 0 aromatic rings. The zero-order valence-electron chi connectivity index (χ0n) is 9.71. The fourth-order valence-corrected chi connectivity index (χ4v) is 4.86. The van der Waals surface area contributed by atoms with E-state index in [4.69, 9.17) is 0 Å². The number of rotatable bonds is 2. The molecule has 0 nitrogen and oxygen atoms in total. The van der Waals surface area contributed by atoms with Gasteiger partial charge in [-0.3, -0.25) is 0 Å². The lowest BCUT2D eigenvalue weighted by Gasteiger charge is -2.23. The molecule has 0 radical (unpaired) electrons. The molecule has 80 valence electrons. The van der Waals surface area contributed by atoms with Gasteiger partial charge in [-0.1, -0.05) is 20.3 Å². The molecule has 3 aliphatic carbocycles. The number of hydrogen-bond acceptors (Lipinski definition) is 0. The Morgan fingerprint density at radius 2 is 1.57 bits per heavy atom. The first kappa shape index (κ1) is 9.24. The van der Waals surface area contributed by atoms with E-state index in [1.807, 2.05) is 0 Å². The maximum atomic E-state index is 2.48. The smallest absolute Gasteiger partial charge is 0.0352 e. The van der Waals surface area contributed by atoms with Gasteiger partial charge >= 0.3 is 0 Å². The van der Waals surface area contributed by atoms with Gasteiger partial charge in [0.1, 0.15) is 0 Å². The monoisotopic (exact) mass is 192 g/mol. The van der Waals surface area contributed by atoms with Crippen LogP contribution in [-0.4, -0.2) is 0 Å². The molecule has 3 rings (SSSR count). The predicted octanol–water partition coefficient (Wildman–Crippen LogP) is 4.10. The van der Waals surface area contributed by atoms with Gasteiger partial charge < -0.3 is 0 Å². The van der Waals surface area contributed by atoms with Crippen molar-refractivity contribution in [2.75, 3.05) is 0 Å². The number of fused-ring (bicyclic) bond motifs is 5. The molecule has 14 heavy (non-hydrogen) atoms. The van der Waals surface area contributed by atoms with Crippen molar-refractivity contribution < 1.29 is 0 Å². The van der Waals surface area contributed by atoms with Crippen molar-refractivity contribution in [3.8, 4) is 0 Å². The predicted molar refractivity (Wildman–Crippen MR) is 60.0 cm³/mol. The molecule has 5 atom stereocenters. The van der Waals surface area contributed by atoms with Crippen LogP contribution < -0.4 is 0 Å². The third-order valence-electron chi connectivity index (χ3n) is 5.87. The fraction of sp³-hybridized carbons (Fsp3) is 1.00. The third kappa shape index (κ3) is 1.19. The Kier molecular flexibility index (Phi) is 2.15. The molecule has 0 aliphatic heterocycles. The van der Waals surface area contributed by atoms with Gasteiger partial charge in [0.25, 0.3) is 0 Å². The van der Waals surface area contributed by atoms with Crippen molar-refractivity contribution in [1.29, 1.82) is 0 Å². The standard InChI is InChI=1S/C14H24/c1-3-9(2)12-7-13-10-4-5-11(6-10)14(13)8-12/h9-14H,3-8H2,1-2H3. The van der Waals surface area contributed by atoms with Gasteiger partial charge in [-0.25, -0.2) is 0 Å². The van der Waals surface area contributed by atoms with Crippen molar-refractivity contribution in [1.82, 2.24) is 0 Å². The SMILES string of the molecule is CCC(C)C1CC2C3CCC(C3)C2C1. The third-order valence-corrected chi connectivity index (χ3v) is 5.87. The lowest BCUT2D eigenvalue weighted by Crippen LogP contribution is -2.15. The van der Waals surface area contributed by atoms with Crippen LogP contribution in [0.25, 0.3) is 0 Å². The average molecular weight is 192 g/mol. The van der Waals surface area contributed by atoms with Crippen LogP contribution in [0.5, 0.6) is 0 Å². The minimum atomic E-state index is 1.000. The van der Waals surface area contributed by atoms with E-state index in [0.29, 0.717) is 0 Å². The highest BCUT2D eigenvalue weighted by Crippen LogP contribution is 2.61. The summed E-state index contributed by atoms with van der Waals surface area (Å²) in [7, 11) is 0. The molecule has 0 heteroatoms. The number of hydrogen-bond donors (Lipinski definition) is 0. The molecular weight excluding hydrogens is 168 g/mol. The molecule has 3 fully saturated rings. The molecule has 0 aromatic carbocycles. The van der Waals surface area contributed by atoms with Crippen LogP contribution in [0.2, 0.25) is 0 Å². The molecule has 0 spiro atoms. The van der Waals surface area contributed by atoms with Gasteiger partial charge in [-0.15, -0.1) is 0 Å². The van der Waals surface area contributed by atoms with Crippen molar-refractivity contribution in [3.05, 3.63) is 0 Å². The van der Waals surface area contributed by atoms with E-state index in [1.165, 1.54) is 30.1 Å². The van der Waals surface area contributed by atoms with Gasteiger partial charge in [0.2, 0.25) is 0 Å². The van der Waals surface area contributed by atoms with Gasteiger partial charge in [0.15, 0.2) is 0 Å². The van der Waals surface area contributed by atoms with Crippen LogP contribution in [-0.2, 0) is 0 Å². The van der Waals surface area contributed by atoms with Crippen molar-refractivity contribution in [2.45, 2.75) is 52.4 Å². The topological polar surface area (TPSA) is 0 Å². The molecule has 0 N–H and O–H groups in total. The molecule has 0 amide bonds. The Hall–Kier alpha value is 0. The maximum Gasteiger partial charge on any atom is -0.0352 e. The van der Waals surface area contributed by atoms with E-state index < -0.39 is 0 Å².